The molecular formula is C7H3BrClIN2. The summed E-state index contributed by atoms with van der Waals surface area (Å²) in [4.78, 5) is 0. The molecule has 2 nitrogen and oxygen atoms in total. The van der Waals surface area contributed by atoms with Crippen LogP contribution in [0, 0.1) is 3.70 Å². The van der Waals surface area contributed by atoms with Gasteiger partial charge in [0.15, 0.2) is 0 Å². The van der Waals surface area contributed by atoms with Crippen LogP contribution in [0.25, 0.3) is 10.9 Å². The summed E-state index contributed by atoms with van der Waals surface area (Å²) in [7, 11) is 0. The van der Waals surface area contributed by atoms with Crippen LogP contribution in [0.2, 0.25) is 5.02 Å². The van der Waals surface area contributed by atoms with E-state index in [1.807, 2.05) is 12.1 Å². The molecule has 62 valence electrons. The van der Waals surface area contributed by atoms with Gasteiger partial charge in [-0.1, -0.05) is 27.5 Å². The maximum absolute atomic E-state index is 5.97. The van der Waals surface area contributed by atoms with Crippen LogP contribution in [-0.4, -0.2) is 10.2 Å². The Morgan fingerprint density at radius 1 is 1.50 bits per heavy atom. The van der Waals surface area contributed by atoms with Crippen molar-refractivity contribution in [3.05, 3.63) is 25.3 Å². The van der Waals surface area contributed by atoms with Gasteiger partial charge in [-0.3, -0.25) is 5.10 Å². The summed E-state index contributed by atoms with van der Waals surface area (Å²) in [5, 5.41) is 8.67. The number of rotatable bonds is 0. The van der Waals surface area contributed by atoms with Gasteiger partial charge in [0.05, 0.1) is 10.5 Å². The zero-order chi connectivity index (χ0) is 8.72. The monoisotopic (exact) mass is 356 g/mol. The Kier molecular flexibility index (Phi) is 2.31. The summed E-state index contributed by atoms with van der Waals surface area (Å²) in [6.45, 7) is 0. The summed E-state index contributed by atoms with van der Waals surface area (Å²) in [5.41, 5.74) is 0.893. The Hall–Kier alpha value is 0.190. The third kappa shape index (κ3) is 1.36. The van der Waals surface area contributed by atoms with E-state index in [-0.39, 0.29) is 0 Å². The van der Waals surface area contributed by atoms with Crippen LogP contribution in [0.15, 0.2) is 16.6 Å². The van der Waals surface area contributed by atoms with Crippen molar-refractivity contribution in [2.75, 3.05) is 0 Å². The number of hydrogen-bond donors (Lipinski definition) is 1. The number of nitrogens with one attached hydrogen (secondary N) is 1. The Balaban J connectivity index is 2.92. The molecule has 0 atom stereocenters. The largest absolute Gasteiger partial charge is 0.275 e. The minimum atomic E-state index is 0.690. The van der Waals surface area contributed by atoms with Gasteiger partial charge in [-0.05, 0) is 34.7 Å². The number of aromatic nitrogens is 2. The molecule has 1 N–H and O–H groups in total. The zero-order valence-corrected chi connectivity index (χ0v) is 10.2. The minimum Gasteiger partial charge on any atom is -0.275 e. The maximum Gasteiger partial charge on any atom is 0.131 e. The highest BCUT2D eigenvalue weighted by Gasteiger charge is 2.06. The first-order valence-corrected chi connectivity index (χ1v) is 5.42. The van der Waals surface area contributed by atoms with Crippen LogP contribution in [-0.2, 0) is 0 Å². The molecule has 0 aliphatic heterocycles. The van der Waals surface area contributed by atoms with Crippen molar-refractivity contribution in [1.82, 2.24) is 10.2 Å². The summed E-state index contributed by atoms with van der Waals surface area (Å²) >= 11 is 11.5. The Labute approximate surface area is 95.9 Å². The van der Waals surface area contributed by atoms with E-state index in [4.69, 9.17) is 11.6 Å². The molecule has 0 saturated heterocycles. The molecule has 0 radical (unpaired) electrons. The molecule has 0 spiro atoms. The number of halogens is 3. The topological polar surface area (TPSA) is 28.7 Å². The number of H-pyrrole nitrogens is 1. The Morgan fingerprint density at radius 3 is 3.00 bits per heavy atom. The van der Waals surface area contributed by atoms with Crippen molar-refractivity contribution in [2.45, 2.75) is 0 Å². The Morgan fingerprint density at radius 2 is 2.25 bits per heavy atom. The van der Waals surface area contributed by atoms with E-state index in [0.29, 0.717) is 5.02 Å². The lowest BCUT2D eigenvalue weighted by Crippen LogP contribution is -1.72. The third-order valence-corrected chi connectivity index (χ3v) is 3.12. The second kappa shape index (κ2) is 3.16. The van der Waals surface area contributed by atoms with E-state index in [9.17, 15) is 0 Å². The normalized spacial score (nSPS) is 10.9. The van der Waals surface area contributed by atoms with Gasteiger partial charge < -0.3 is 0 Å². The summed E-state index contributed by atoms with van der Waals surface area (Å²) in [6.07, 6.45) is 0. The fraction of sp³-hybridized carbons (Fsp3) is 0. The second-order valence-electron chi connectivity index (χ2n) is 2.32. The average molecular weight is 357 g/mol. The van der Waals surface area contributed by atoms with E-state index < -0.39 is 0 Å². The van der Waals surface area contributed by atoms with Crippen molar-refractivity contribution < 1.29 is 0 Å². The maximum atomic E-state index is 5.97. The SMILES string of the molecule is Clc1cc(Br)cc2c(I)n[nH]c12. The van der Waals surface area contributed by atoms with Crippen LogP contribution in [0.3, 0.4) is 0 Å². The van der Waals surface area contributed by atoms with Crippen LogP contribution < -0.4 is 0 Å². The number of benzene rings is 1. The molecule has 0 amide bonds. The molecule has 0 bridgehead atoms. The van der Waals surface area contributed by atoms with E-state index in [1.54, 1.807) is 0 Å². The molecule has 1 heterocycles. The van der Waals surface area contributed by atoms with Crippen LogP contribution >= 0.6 is 50.1 Å². The predicted octanol–water partition coefficient (Wildman–Crippen LogP) is 3.58. The van der Waals surface area contributed by atoms with Gasteiger partial charge in [-0.25, -0.2) is 0 Å². The molecule has 0 fully saturated rings. The van der Waals surface area contributed by atoms with Gasteiger partial charge in [0.25, 0.3) is 0 Å². The molecule has 5 heteroatoms. The first-order chi connectivity index (χ1) is 5.68. The van der Waals surface area contributed by atoms with Gasteiger partial charge >= 0.3 is 0 Å². The quantitative estimate of drug-likeness (QED) is 0.718. The van der Waals surface area contributed by atoms with Gasteiger partial charge in [0.1, 0.15) is 3.70 Å². The molecule has 0 saturated carbocycles. The lowest BCUT2D eigenvalue weighted by molar-refractivity contribution is 1.09. The number of hydrogen-bond acceptors (Lipinski definition) is 1. The van der Waals surface area contributed by atoms with Gasteiger partial charge in [0.2, 0.25) is 0 Å². The third-order valence-electron chi connectivity index (χ3n) is 1.54. The van der Waals surface area contributed by atoms with Crippen LogP contribution in [0.1, 0.15) is 0 Å². The fourth-order valence-corrected chi connectivity index (χ4v) is 2.41. The first-order valence-electron chi connectivity index (χ1n) is 3.17. The molecule has 0 aliphatic rings. The fourth-order valence-electron chi connectivity index (χ4n) is 1.02. The van der Waals surface area contributed by atoms with E-state index in [1.165, 1.54) is 0 Å². The lowest BCUT2D eigenvalue weighted by atomic mass is 10.3. The van der Waals surface area contributed by atoms with Crippen molar-refractivity contribution >= 4 is 61.0 Å². The predicted molar refractivity (Wildman–Crippen MR) is 61.5 cm³/mol. The van der Waals surface area contributed by atoms with Crippen molar-refractivity contribution in [3.63, 3.8) is 0 Å². The van der Waals surface area contributed by atoms with E-state index in [2.05, 4.69) is 48.7 Å². The molecule has 1 aromatic carbocycles. The van der Waals surface area contributed by atoms with Gasteiger partial charge in [-0.2, -0.15) is 5.10 Å². The molecule has 0 unspecified atom stereocenters. The number of nitrogens with zero attached hydrogens (tertiary/aromatic N) is 1. The highest BCUT2D eigenvalue weighted by atomic mass is 127. The first kappa shape index (κ1) is 8.77. The van der Waals surface area contributed by atoms with Crippen molar-refractivity contribution in [1.29, 1.82) is 0 Å². The van der Waals surface area contributed by atoms with Crippen molar-refractivity contribution in [3.8, 4) is 0 Å². The molecule has 2 rings (SSSR count). The van der Waals surface area contributed by atoms with Gasteiger partial charge in [0, 0.05) is 9.86 Å². The van der Waals surface area contributed by atoms with E-state index >= 15 is 0 Å². The summed E-state index contributed by atoms with van der Waals surface area (Å²) in [6, 6.07) is 3.84. The highest BCUT2D eigenvalue weighted by molar-refractivity contribution is 14.1. The molecule has 2 aromatic rings. The second-order valence-corrected chi connectivity index (χ2v) is 4.67. The molecule has 12 heavy (non-hydrogen) atoms. The van der Waals surface area contributed by atoms with Gasteiger partial charge in [-0.15, -0.1) is 0 Å². The molecule has 1 aromatic heterocycles. The standard InChI is InChI=1S/C7H3BrClIN2/c8-3-1-4-6(5(9)2-3)11-12-7(4)10/h1-2H,(H,11,12). The zero-order valence-electron chi connectivity index (χ0n) is 5.74. The smallest absolute Gasteiger partial charge is 0.131 e. The molecular weight excluding hydrogens is 354 g/mol. The summed E-state index contributed by atoms with van der Waals surface area (Å²) < 4.78 is 1.91. The minimum absolute atomic E-state index is 0.690. The van der Waals surface area contributed by atoms with Crippen molar-refractivity contribution in [2.24, 2.45) is 0 Å². The number of aromatic amines is 1. The summed E-state index contributed by atoms with van der Waals surface area (Å²) in [5.74, 6) is 0. The van der Waals surface area contributed by atoms with E-state index in [0.717, 1.165) is 19.1 Å². The average Bonchev–Trinajstić information content (AvgIpc) is 2.33. The highest BCUT2D eigenvalue weighted by Crippen LogP contribution is 2.28. The number of fused-ring (bicyclic) bond motifs is 1. The lowest BCUT2D eigenvalue weighted by Gasteiger charge is -1.94. The van der Waals surface area contributed by atoms with Crippen LogP contribution in [0.4, 0.5) is 0 Å². The molecule has 0 aliphatic carbocycles. The Bertz CT molecular complexity index is 440. The van der Waals surface area contributed by atoms with Crippen LogP contribution in [0.5, 0.6) is 0 Å².